The summed E-state index contributed by atoms with van der Waals surface area (Å²) >= 11 is 0. The standard InChI is InChI=1S/C28H34N6O3/c1-2-8-33(10-11-35)26(36)19-12-18-3-4-21(15-24(18)32-25(30)14-19)28(6-7-28)27(37)34-9-5-23-20(17-34)13-22(29)16-31-23/h3-4,12-13,15-16,35H,2,5-11,14,17,29H2,1H3,(H2,30,32). The van der Waals surface area contributed by atoms with Crippen LogP contribution in [0.25, 0.3) is 6.08 Å². The molecule has 0 atom stereocenters. The molecule has 9 nitrogen and oxygen atoms in total. The van der Waals surface area contributed by atoms with E-state index < -0.39 is 5.41 Å². The average Bonchev–Trinajstić information content (AvgIpc) is 3.71. The number of rotatable bonds is 7. The molecule has 37 heavy (non-hydrogen) atoms. The zero-order valence-corrected chi connectivity index (χ0v) is 21.2. The van der Waals surface area contributed by atoms with Gasteiger partial charge < -0.3 is 26.4 Å². The highest BCUT2D eigenvalue weighted by Gasteiger charge is 2.53. The van der Waals surface area contributed by atoms with Gasteiger partial charge in [-0.05, 0) is 48.6 Å². The molecule has 194 valence electrons. The van der Waals surface area contributed by atoms with Crippen molar-refractivity contribution in [1.29, 1.82) is 0 Å². The van der Waals surface area contributed by atoms with Crippen LogP contribution in [0.5, 0.6) is 0 Å². The van der Waals surface area contributed by atoms with Crippen LogP contribution in [-0.2, 0) is 28.0 Å². The summed E-state index contributed by atoms with van der Waals surface area (Å²) in [7, 11) is 0. The van der Waals surface area contributed by atoms with Crippen molar-refractivity contribution in [2.75, 3.05) is 32.0 Å². The number of aliphatic hydroxyl groups excluding tert-OH is 1. The molecule has 2 aromatic rings. The second-order valence-electron chi connectivity index (χ2n) is 10.2. The maximum atomic E-state index is 13.7. The van der Waals surface area contributed by atoms with Gasteiger partial charge in [0.2, 0.25) is 11.8 Å². The van der Waals surface area contributed by atoms with Gasteiger partial charge in [-0.15, -0.1) is 0 Å². The van der Waals surface area contributed by atoms with E-state index in [2.05, 4.69) is 9.98 Å². The van der Waals surface area contributed by atoms with Crippen LogP contribution in [0.2, 0.25) is 0 Å². The van der Waals surface area contributed by atoms with Gasteiger partial charge in [-0.3, -0.25) is 14.6 Å². The largest absolute Gasteiger partial charge is 0.397 e. The molecular weight excluding hydrogens is 468 g/mol. The Balaban J connectivity index is 1.41. The number of carbonyl (C=O) groups is 2. The summed E-state index contributed by atoms with van der Waals surface area (Å²) in [6, 6.07) is 7.77. The van der Waals surface area contributed by atoms with Gasteiger partial charge >= 0.3 is 0 Å². The third-order valence-electron chi connectivity index (χ3n) is 7.48. The van der Waals surface area contributed by atoms with Crippen LogP contribution in [-0.4, -0.2) is 63.8 Å². The van der Waals surface area contributed by atoms with E-state index in [0.29, 0.717) is 42.4 Å². The number of amidine groups is 1. The molecule has 0 saturated heterocycles. The number of amides is 2. The first-order chi connectivity index (χ1) is 17.8. The van der Waals surface area contributed by atoms with Crippen LogP contribution in [0.3, 0.4) is 0 Å². The maximum Gasteiger partial charge on any atom is 0.250 e. The van der Waals surface area contributed by atoms with Gasteiger partial charge in [-0.2, -0.15) is 0 Å². The minimum atomic E-state index is -0.557. The molecule has 1 aromatic carbocycles. The van der Waals surface area contributed by atoms with E-state index in [0.717, 1.165) is 48.1 Å². The van der Waals surface area contributed by atoms with Crippen molar-refractivity contribution < 1.29 is 14.7 Å². The monoisotopic (exact) mass is 502 g/mol. The zero-order valence-electron chi connectivity index (χ0n) is 21.2. The molecule has 0 spiro atoms. The molecule has 2 amide bonds. The molecule has 1 saturated carbocycles. The second-order valence-corrected chi connectivity index (χ2v) is 10.2. The summed E-state index contributed by atoms with van der Waals surface area (Å²) in [4.78, 5) is 39.5. The highest BCUT2D eigenvalue weighted by Crippen LogP contribution is 2.51. The average molecular weight is 503 g/mol. The van der Waals surface area contributed by atoms with Crippen LogP contribution in [0.1, 0.15) is 55.0 Å². The first-order valence-electron chi connectivity index (χ1n) is 13.0. The number of aromatic nitrogens is 1. The third kappa shape index (κ3) is 4.83. The molecular formula is C28H34N6O3. The van der Waals surface area contributed by atoms with Crippen LogP contribution in [0.4, 0.5) is 11.4 Å². The second kappa shape index (κ2) is 9.97. The molecule has 0 unspecified atom stereocenters. The molecule has 0 bridgehead atoms. The first-order valence-corrected chi connectivity index (χ1v) is 13.0. The minimum Gasteiger partial charge on any atom is -0.397 e. The van der Waals surface area contributed by atoms with E-state index in [1.165, 1.54) is 0 Å². The number of benzene rings is 1. The van der Waals surface area contributed by atoms with Crippen molar-refractivity contribution >= 4 is 35.1 Å². The summed E-state index contributed by atoms with van der Waals surface area (Å²) in [5.74, 6) is 0.335. The van der Waals surface area contributed by atoms with Gasteiger partial charge in [0, 0.05) is 55.9 Å². The predicted molar refractivity (Wildman–Crippen MR) is 143 cm³/mol. The topological polar surface area (TPSA) is 138 Å². The Kier molecular flexibility index (Phi) is 6.72. The van der Waals surface area contributed by atoms with Gasteiger partial charge in [-0.1, -0.05) is 19.1 Å². The van der Waals surface area contributed by atoms with Crippen molar-refractivity contribution in [2.45, 2.75) is 51.0 Å². The number of nitrogens with two attached hydrogens (primary N) is 2. The SMILES string of the molecule is CCCN(CCO)C(=O)C1=Cc2ccc(C3(C(=O)N4CCc5ncc(N)cc5C4)CC3)cc2N=C(N)C1. The fourth-order valence-electron chi connectivity index (χ4n) is 5.41. The molecule has 3 heterocycles. The zero-order chi connectivity index (χ0) is 26.2. The Bertz CT molecular complexity index is 1290. The number of hydrogen-bond acceptors (Lipinski definition) is 7. The van der Waals surface area contributed by atoms with Crippen LogP contribution >= 0.6 is 0 Å². The lowest BCUT2D eigenvalue weighted by molar-refractivity contribution is -0.135. The Labute approximate surface area is 216 Å². The van der Waals surface area contributed by atoms with Crippen LogP contribution in [0, 0.1) is 0 Å². The molecule has 1 aliphatic carbocycles. The van der Waals surface area contributed by atoms with Crippen molar-refractivity contribution in [3.63, 3.8) is 0 Å². The molecule has 5 rings (SSSR count). The quantitative estimate of drug-likeness (QED) is 0.531. The maximum absolute atomic E-state index is 13.7. The molecule has 1 aromatic heterocycles. The number of pyridine rings is 1. The highest BCUT2D eigenvalue weighted by atomic mass is 16.3. The highest BCUT2D eigenvalue weighted by molar-refractivity contribution is 6.05. The Morgan fingerprint density at radius 2 is 2.00 bits per heavy atom. The number of aliphatic hydroxyl groups is 1. The number of aliphatic imine (C=N–C) groups is 1. The van der Waals surface area contributed by atoms with E-state index in [1.807, 2.05) is 42.2 Å². The van der Waals surface area contributed by atoms with Gasteiger partial charge in [-0.25, -0.2) is 4.99 Å². The van der Waals surface area contributed by atoms with Crippen molar-refractivity contribution in [1.82, 2.24) is 14.8 Å². The van der Waals surface area contributed by atoms with E-state index >= 15 is 0 Å². The summed E-state index contributed by atoms with van der Waals surface area (Å²) in [6.07, 6.45) is 6.83. The fraction of sp³-hybridized carbons (Fsp3) is 0.429. The first kappa shape index (κ1) is 25.0. The summed E-state index contributed by atoms with van der Waals surface area (Å²) in [6.45, 7) is 3.90. The Morgan fingerprint density at radius 3 is 2.73 bits per heavy atom. The number of carbonyl (C=O) groups excluding carboxylic acids is 2. The van der Waals surface area contributed by atoms with E-state index in [-0.39, 0.29) is 31.4 Å². The van der Waals surface area contributed by atoms with E-state index in [9.17, 15) is 14.7 Å². The van der Waals surface area contributed by atoms with Crippen molar-refractivity contribution in [3.8, 4) is 0 Å². The normalized spacial score (nSPS) is 17.6. The molecule has 3 aliphatic rings. The minimum absolute atomic E-state index is 0.0921. The number of anilines is 1. The fourth-order valence-corrected chi connectivity index (χ4v) is 5.41. The lowest BCUT2D eigenvalue weighted by Crippen LogP contribution is -2.42. The Morgan fingerprint density at radius 1 is 1.19 bits per heavy atom. The summed E-state index contributed by atoms with van der Waals surface area (Å²) in [5, 5.41) is 9.39. The van der Waals surface area contributed by atoms with Gasteiger partial charge in [0.15, 0.2) is 0 Å². The lowest BCUT2D eigenvalue weighted by Gasteiger charge is -2.32. The van der Waals surface area contributed by atoms with Crippen LogP contribution < -0.4 is 11.5 Å². The number of fused-ring (bicyclic) bond motifs is 2. The molecule has 1 fully saturated rings. The number of hydrogen-bond donors (Lipinski definition) is 3. The van der Waals surface area contributed by atoms with Crippen molar-refractivity contribution in [2.24, 2.45) is 10.7 Å². The van der Waals surface area contributed by atoms with E-state index in [1.54, 1.807) is 11.1 Å². The summed E-state index contributed by atoms with van der Waals surface area (Å²) < 4.78 is 0. The van der Waals surface area contributed by atoms with Gasteiger partial charge in [0.1, 0.15) is 5.84 Å². The molecule has 9 heteroatoms. The predicted octanol–water partition coefficient (Wildman–Crippen LogP) is 2.29. The number of nitrogens with zero attached hydrogens (tertiary/aromatic N) is 4. The molecule has 2 aliphatic heterocycles. The van der Waals surface area contributed by atoms with Crippen molar-refractivity contribution in [3.05, 3.63) is 58.4 Å². The lowest BCUT2D eigenvalue weighted by atomic mass is 9.91. The third-order valence-corrected chi connectivity index (χ3v) is 7.48. The molecule has 5 N–H and O–H groups in total. The summed E-state index contributed by atoms with van der Waals surface area (Å²) in [5.41, 5.74) is 17.2. The molecule has 0 radical (unpaired) electrons. The smallest absolute Gasteiger partial charge is 0.250 e. The van der Waals surface area contributed by atoms with E-state index in [4.69, 9.17) is 11.5 Å². The van der Waals surface area contributed by atoms with Gasteiger partial charge in [0.05, 0.1) is 29.6 Å². The van der Waals surface area contributed by atoms with Crippen LogP contribution in [0.15, 0.2) is 41.0 Å². The Hall–Kier alpha value is -3.72. The number of nitrogen functional groups attached to an aromatic ring is 1. The van der Waals surface area contributed by atoms with Gasteiger partial charge in [0.25, 0.3) is 0 Å².